The number of sulfonamides is 1. The van der Waals surface area contributed by atoms with Crippen molar-refractivity contribution in [2.24, 2.45) is 0 Å². The number of anilines is 1. The molecule has 1 aliphatic rings. The molecule has 2 heterocycles. The van der Waals surface area contributed by atoms with Gasteiger partial charge < -0.3 is 9.64 Å². The summed E-state index contributed by atoms with van der Waals surface area (Å²) in [6.45, 7) is 4.23. The number of carbonyl (C=O) groups excluding carboxylic acids is 2. The molecule has 0 spiro atoms. The summed E-state index contributed by atoms with van der Waals surface area (Å²) < 4.78 is 33.4. The van der Waals surface area contributed by atoms with Gasteiger partial charge in [0.1, 0.15) is 4.21 Å². The number of rotatable bonds is 7. The van der Waals surface area contributed by atoms with Crippen molar-refractivity contribution in [2.45, 2.75) is 55.9 Å². The van der Waals surface area contributed by atoms with Crippen molar-refractivity contribution in [1.82, 2.24) is 4.90 Å². The van der Waals surface area contributed by atoms with Crippen molar-refractivity contribution in [1.29, 1.82) is 0 Å². The van der Waals surface area contributed by atoms with E-state index in [1.165, 1.54) is 24.3 Å². The van der Waals surface area contributed by atoms with Crippen LogP contribution in [0.4, 0.5) is 5.69 Å². The molecule has 2 aromatic rings. The highest BCUT2D eigenvalue weighted by atomic mass is 35.5. The Morgan fingerprint density at radius 3 is 2.68 bits per heavy atom. The number of nitrogens with zero attached hydrogens (tertiary/aromatic N) is 1. The molecule has 1 saturated heterocycles. The number of carbonyl (C=O) groups is 2. The second kappa shape index (κ2) is 10.0. The molecule has 1 aliphatic heterocycles. The third-order valence-electron chi connectivity index (χ3n) is 5.22. The minimum atomic E-state index is -3.92. The number of piperidine rings is 1. The molecule has 1 aromatic heterocycles. The maximum atomic E-state index is 12.9. The van der Waals surface area contributed by atoms with Crippen molar-refractivity contribution in [3.05, 3.63) is 46.3 Å². The summed E-state index contributed by atoms with van der Waals surface area (Å²) in [5, 5.41) is 0. The van der Waals surface area contributed by atoms with Gasteiger partial charge in [-0.3, -0.25) is 9.52 Å². The topological polar surface area (TPSA) is 92.8 Å². The van der Waals surface area contributed by atoms with Crippen molar-refractivity contribution in [3.63, 3.8) is 0 Å². The number of thiophene rings is 1. The van der Waals surface area contributed by atoms with Gasteiger partial charge in [-0.1, -0.05) is 30.7 Å². The summed E-state index contributed by atoms with van der Waals surface area (Å²) in [5.41, 5.74) is 0.0974. The van der Waals surface area contributed by atoms with E-state index in [2.05, 4.69) is 4.72 Å². The molecule has 1 N–H and O–H groups in total. The minimum absolute atomic E-state index is 0.0269. The van der Waals surface area contributed by atoms with Gasteiger partial charge in [-0.05, 0) is 56.9 Å². The number of halogens is 1. The van der Waals surface area contributed by atoms with E-state index in [1.54, 1.807) is 24.0 Å². The van der Waals surface area contributed by atoms with Gasteiger partial charge in [0.15, 0.2) is 6.10 Å². The molecule has 2 atom stereocenters. The Morgan fingerprint density at radius 1 is 1.26 bits per heavy atom. The molecule has 31 heavy (non-hydrogen) atoms. The largest absolute Gasteiger partial charge is 0.449 e. The van der Waals surface area contributed by atoms with Crippen LogP contribution < -0.4 is 4.72 Å². The smallest absolute Gasteiger partial charge is 0.341 e. The number of benzene rings is 1. The van der Waals surface area contributed by atoms with Gasteiger partial charge in [0.25, 0.3) is 15.9 Å². The van der Waals surface area contributed by atoms with Gasteiger partial charge in [-0.15, -0.1) is 11.3 Å². The first kappa shape index (κ1) is 23.6. The minimum Gasteiger partial charge on any atom is -0.449 e. The highest BCUT2D eigenvalue weighted by Crippen LogP contribution is 2.28. The number of ether oxygens (including phenoxy) is 1. The number of esters is 1. The van der Waals surface area contributed by atoms with Crippen LogP contribution in [0.5, 0.6) is 0 Å². The Balaban J connectivity index is 1.74. The molecule has 0 aliphatic carbocycles. The maximum Gasteiger partial charge on any atom is 0.341 e. The highest BCUT2D eigenvalue weighted by Gasteiger charge is 2.31. The zero-order valence-electron chi connectivity index (χ0n) is 17.3. The first-order valence-electron chi connectivity index (χ1n) is 10.1. The predicted octanol–water partition coefficient (Wildman–Crippen LogP) is 4.54. The Bertz CT molecular complexity index is 1050. The first-order valence-corrected chi connectivity index (χ1v) is 12.8. The number of hydrogen-bond donors (Lipinski definition) is 1. The zero-order valence-corrected chi connectivity index (χ0v) is 19.7. The maximum absolute atomic E-state index is 12.9. The van der Waals surface area contributed by atoms with E-state index in [0.717, 1.165) is 37.0 Å². The summed E-state index contributed by atoms with van der Waals surface area (Å²) in [4.78, 5) is 27.4. The number of nitrogens with one attached hydrogen (secondary N) is 1. The first-order chi connectivity index (χ1) is 14.7. The summed E-state index contributed by atoms with van der Waals surface area (Å²) in [6, 6.07) is 9.14. The molecule has 10 heteroatoms. The van der Waals surface area contributed by atoms with E-state index in [1.807, 2.05) is 6.92 Å². The average molecular weight is 485 g/mol. The van der Waals surface area contributed by atoms with Crippen LogP contribution in [0.25, 0.3) is 0 Å². The molecule has 3 rings (SSSR count). The van der Waals surface area contributed by atoms with E-state index in [4.69, 9.17) is 16.3 Å². The van der Waals surface area contributed by atoms with Crippen LogP contribution in [0.1, 0.15) is 49.9 Å². The number of likely N-dealkylation sites (tertiary alicyclic amines) is 1. The van der Waals surface area contributed by atoms with Gasteiger partial charge in [-0.25, -0.2) is 13.2 Å². The van der Waals surface area contributed by atoms with E-state index in [9.17, 15) is 18.0 Å². The van der Waals surface area contributed by atoms with E-state index < -0.39 is 22.1 Å². The Kier molecular flexibility index (Phi) is 7.61. The molecule has 1 aromatic carbocycles. The molecule has 1 fully saturated rings. The predicted molar refractivity (Wildman–Crippen MR) is 121 cm³/mol. The second-order valence-corrected chi connectivity index (χ2v) is 11.0. The van der Waals surface area contributed by atoms with Gasteiger partial charge in [-0.2, -0.15) is 0 Å². The third kappa shape index (κ3) is 5.58. The summed E-state index contributed by atoms with van der Waals surface area (Å²) in [7, 11) is -3.92. The van der Waals surface area contributed by atoms with Crippen molar-refractivity contribution >= 4 is 50.5 Å². The van der Waals surface area contributed by atoms with Crippen LogP contribution in [0.3, 0.4) is 0 Å². The highest BCUT2D eigenvalue weighted by molar-refractivity contribution is 7.94. The molecule has 7 nitrogen and oxygen atoms in total. The van der Waals surface area contributed by atoms with Crippen LogP contribution in [0.2, 0.25) is 4.34 Å². The lowest BCUT2D eigenvalue weighted by Gasteiger charge is -2.36. The van der Waals surface area contributed by atoms with Crippen molar-refractivity contribution in [3.8, 4) is 0 Å². The molecular formula is C21H25ClN2O5S2. The van der Waals surface area contributed by atoms with Gasteiger partial charge in [0.05, 0.1) is 15.6 Å². The quantitative estimate of drug-likeness (QED) is 0.582. The van der Waals surface area contributed by atoms with Gasteiger partial charge in [0, 0.05) is 12.6 Å². The Labute approximate surface area is 191 Å². The van der Waals surface area contributed by atoms with E-state index >= 15 is 0 Å². The lowest BCUT2D eigenvalue weighted by molar-refractivity contribution is -0.143. The van der Waals surface area contributed by atoms with Crippen LogP contribution in [-0.2, 0) is 19.6 Å². The fourth-order valence-corrected chi connectivity index (χ4v) is 6.17. The molecular weight excluding hydrogens is 460 g/mol. The standard InChI is InChI=1S/C21H25ClN2O5S2/c1-3-15-8-6-7-13-24(15)20(25)14(2)29-21(26)16-9-4-5-10-17(16)23-31(27,28)19-12-11-18(22)30-19/h4-5,9-12,14-15,23H,3,6-8,13H2,1-2H3. The van der Waals surface area contributed by atoms with Gasteiger partial charge in [0.2, 0.25) is 0 Å². The van der Waals surface area contributed by atoms with Gasteiger partial charge >= 0.3 is 5.97 Å². The second-order valence-electron chi connectivity index (χ2n) is 7.35. The average Bonchev–Trinajstić information content (AvgIpc) is 3.20. The fraction of sp³-hybridized carbons (Fsp3) is 0.429. The Hall–Kier alpha value is -2.10. The summed E-state index contributed by atoms with van der Waals surface area (Å²) >= 11 is 6.75. The van der Waals surface area contributed by atoms with Crippen LogP contribution in [-0.4, -0.2) is 43.9 Å². The van der Waals surface area contributed by atoms with Crippen LogP contribution in [0, 0.1) is 0 Å². The summed E-state index contributed by atoms with van der Waals surface area (Å²) in [5.74, 6) is -1.00. The Morgan fingerprint density at radius 2 is 2.00 bits per heavy atom. The fourth-order valence-electron chi connectivity index (χ4n) is 3.61. The van der Waals surface area contributed by atoms with E-state index in [0.29, 0.717) is 10.9 Å². The molecule has 0 bridgehead atoms. The molecule has 1 amide bonds. The number of amides is 1. The summed E-state index contributed by atoms with van der Waals surface area (Å²) in [6.07, 6.45) is 2.84. The molecule has 0 radical (unpaired) electrons. The van der Waals surface area contributed by atoms with Crippen molar-refractivity contribution in [2.75, 3.05) is 11.3 Å². The monoisotopic (exact) mass is 484 g/mol. The third-order valence-corrected chi connectivity index (χ3v) is 8.31. The SMILES string of the molecule is CCC1CCCCN1C(=O)C(C)OC(=O)c1ccccc1NS(=O)(=O)c1ccc(Cl)s1. The van der Waals surface area contributed by atoms with Crippen molar-refractivity contribution < 1.29 is 22.7 Å². The normalized spacial score (nSPS) is 17.8. The molecule has 168 valence electrons. The lowest BCUT2D eigenvalue weighted by atomic mass is 9.99. The van der Waals surface area contributed by atoms with Crippen LogP contribution >= 0.6 is 22.9 Å². The van der Waals surface area contributed by atoms with Crippen LogP contribution in [0.15, 0.2) is 40.6 Å². The molecule has 0 saturated carbocycles. The zero-order chi connectivity index (χ0) is 22.6. The number of hydrogen-bond acceptors (Lipinski definition) is 6. The lowest BCUT2D eigenvalue weighted by Crippen LogP contribution is -2.48. The number of para-hydroxylation sites is 1. The molecule has 2 unspecified atom stereocenters. The van der Waals surface area contributed by atoms with E-state index in [-0.39, 0.29) is 27.4 Å².